The van der Waals surface area contributed by atoms with Gasteiger partial charge in [0.2, 0.25) is 0 Å². The van der Waals surface area contributed by atoms with Gasteiger partial charge in [-0.1, -0.05) is 64.0 Å². The van der Waals surface area contributed by atoms with Crippen molar-refractivity contribution in [3.05, 3.63) is 83.4 Å². The number of ketones is 2. The minimum Gasteiger partial charge on any atom is -0.307 e. The van der Waals surface area contributed by atoms with E-state index < -0.39 is 0 Å². The van der Waals surface area contributed by atoms with E-state index in [1.165, 1.54) is 37.3 Å². The number of fused-ring (bicyclic) bond motifs is 2. The van der Waals surface area contributed by atoms with Crippen LogP contribution >= 0.6 is 0 Å². The maximum absolute atomic E-state index is 12.8. The number of aryl methyl sites for hydroxylation is 2. The molecule has 0 radical (unpaired) electrons. The molecular weight excluding hydrogens is 408 g/mol. The molecule has 33 heavy (non-hydrogen) atoms. The number of hydrogen-bond donors (Lipinski definition) is 0. The number of hydrogen-bond acceptors (Lipinski definition) is 3. The summed E-state index contributed by atoms with van der Waals surface area (Å²) in [5.41, 5.74) is 4.94. The molecule has 4 nitrogen and oxygen atoms in total. The van der Waals surface area contributed by atoms with Crippen molar-refractivity contribution < 1.29 is 9.59 Å². The van der Waals surface area contributed by atoms with Gasteiger partial charge in [0.1, 0.15) is 5.65 Å². The highest BCUT2D eigenvalue weighted by Crippen LogP contribution is 2.27. The van der Waals surface area contributed by atoms with Gasteiger partial charge >= 0.3 is 0 Å². The summed E-state index contributed by atoms with van der Waals surface area (Å²) in [5, 5.41) is 0. The Hall–Kier alpha value is -3.01. The Morgan fingerprint density at radius 1 is 1.03 bits per heavy atom. The fraction of sp³-hybridized carbons (Fsp3) is 0.414. The molecule has 4 heteroatoms. The van der Waals surface area contributed by atoms with Gasteiger partial charge < -0.3 is 4.40 Å². The predicted molar refractivity (Wildman–Crippen MR) is 133 cm³/mol. The lowest BCUT2D eigenvalue weighted by Crippen LogP contribution is -2.19. The van der Waals surface area contributed by atoms with Crippen LogP contribution in [-0.2, 0) is 22.4 Å². The second-order valence-corrected chi connectivity index (χ2v) is 10.4. The minimum atomic E-state index is -0.238. The largest absolute Gasteiger partial charge is 0.307 e. The van der Waals surface area contributed by atoms with Crippen LogP contribution in [0.25, 0.3) is 5.65 Å². The first-order valence-corrected chi connectivity index (χ1v) is 12.1. The minimum absolute atomic E-state index is 0.00902. The summed E-state index contributed by atoms with van der Waals surface area (Å²) in [6.07, 6.45) is 22.1. The van der Waals surface area contributed by atoms with Crippen LogP contribution in [-0.4, -0.2) is 21.0 Å². The first-order chi connectivity index (χ1) is 15.8. The number of nitrogens with zero attached hydrogens (tertiary/aromatic N) is 2. The third-order valence-electron chi connectivity index (χ3n) is 6.37. The lowest BCUT2D eigenvalue weighted by molar-refractivity contribution is -0.118. The molecule has 2 aromatic rings. The number of Topliss-reactive ketones (excluding diaryl/α,β-unsaturated/α-hetero) is 1. The Kier molecular flexibility index (Phi) is 6.92. The van der Waals surface area contributed by atoms with Crippen molar-refractivity contribution >= 4 is 17.2 Å². The SMILES string of the molecule is CC(C)(C)CCCCCc1ccc2nc(CCC(=O)C3=CC(=O)C4C=CC=CC4=C3)cn2c1. The van der Waals surface area contributed by atoms with E-state index in [-0.39, 0.29) is 17.5 Å². The summed E-state index contributed by atoms with van der Waals surface area (Å²) in [4.78, 5) is 29.8. The Bertz CT molecular complexity index is 1170. The Morgan fingerprint density at radius 3 is 2.70 bits per heavy atom. The van der Waals surface area contributed by atoms with E-state index in [0.29, 0.717) is 23.8 Å². The number of rotatable bonds is 9. The highest BCUT2D eigenvalue weighted by atomic mass is 16.1. The quantitative estimate of drug-likeness (QED) is 0.437. The maximum Gasteiger partial charge on any atom is 0.167 e. The van der Waals surface area contributed by atoms with Crippen molar-refractivity contribution in [3.63, 3.8) is 0 Å². The summed E-state index contributed by atoms with van der Waals surface area (Å²) in [5.74, 6) is -0.266. The number of pyridine rings is 1. The summed E-state index contributed by atoms with van der Waals surface area (Å²) in [6.45, 7) is 6.90. The predicted octanol–water partition coefficient (Wildman–Crippen LogP) is 6.16. The molecule has 4 rings (SSSR count). The molecule has 1 unspecified atom stereocenters. The van der Waals surface area contributed by atoms with Crippen LogP contribution in [0.2, 0.25) is 0 Å². The molecular formula is C29H34N2O2. The van der Waals surface area contributed by atoms with Crippen molar-refractivity contribution in [1.82, 2.24) is 9.38 Å². The van der Waals surface area contributed by atoms with E-state index in [9.17, 15) is 9.59 Å². The molecule has 2 heterocycles. The number of carbonyl (C=O) groups is 2. The summed E-state index contributed by atoms with van der Waals surface area (Å²) in [7, 11) is 0. The zero-order chi connectivity index (χ0) is 23.4. The summed E-state index contributed by atoms with van der Waals surface area (Å²) >= 11 is 0. The zero-order valence-corrected chi connectivity index (χ0v) is 20.0. The molecule has 0 spiro atoms. The zero-order valence-electron chi connectivity index (χ0n) is 20.0. The van der Waals surface area contributed by atoms with Crippen molar-refractivity contribution in [2.45, 2.75) is 65.7 Å². The molecule has 0 amide bonds. The molecule has 172 valence electrons. The lowest BCUT2D eigenvalue weighted by atomic mass is 9.83. The van der Waals surface area contributed by atoms with E-state index in [1.54, 1.807) is 0 Å². The van der Waals surface area contributed by atoms with Crippen LogP contribution in [0.4, 0.5) is 0 Å². The molecule has 0 saturated heterocycles. The van der Waals surface area contributed by atoms with Gasteiger partial charge in [0.25, 0.3) is 0 Å². The topological polar surface area (TPSA) is 51.4 Å². The second kappa shape index (κ2) is 9.86. The van der Waals surface area contributed by atoms with E-state index in [1.807, 2.05) is 36.6 Å². The van der Waals surface area contributed by atoms with Crippen LogP contribution in [0, 0.1) is 11.3 Å². The maximum atomic E-state index is 12.8. The van der Waals surface area contributed by atoms with Gasteiger partial charge in [0.15, 0.2) is 11.6 Å². The highest BCUT2D eigenvalue weighted by molar-refractivity contribution is 6.09. The van der Waals surface area contributed by atoms with E-state index in [4.69, 9.17) is 0 Å². The third-order valence-corrected chi connectivity index (χ3v) is 6.37. The fourth-order valence-corrected chi connectivity index (χ4v) is 4.48. The molecule has 0 aromatic carbocycles. The molecule has 1 atom stereocenters. The number of aromatic nitrogens is 2. The molecule has 0 bridgehead atoms. The van der Waals surface area contributed by atoms with Crippen LogP contribution in [0.3, 0.4) is 0 Å². The smallest absolute Gasteiger partial charge is 0.167 e. The normalized spacial score (nSPS) is 17.8. The van der Waals surface area contributed by atoms with Gasteiger partial charge in [-0.15, -0.1) is 0 Å². The van der Waals surface area contributed by atoms with Gasteiger partial charge in [-0.05, 0) is 60.5 Å². The third kappa shape index (κ3) is 6.07. The average Bonchev–Trinajstić information content (AvgIpc) is 3.18. The van der Waals surface area contributed by atoms with Crippen molar-refractivity contribution in [3.8, 4) is 0 Å². The highest BCUT2D eigenvalue weighted by Gasteiger charge is 2.25. The number of allylic oxidation sites excluding steroid dienone is 8. The number of unbranched alkanes of at least 4 members (excludes halogenated alkanes) is 2. The van der Waals surface area contributed by atoms with Gasteiger partial charge in [-0.25, -0.2) is 4.98 Å². The van der Waals surface area contributed by atoms with Crippen molar-refractivity contribution in [2.24, 2.45) is 11.3 Å². The molecule has 2 aromatic heterocycles. The molecule has 0 N–H and O–H groups in total. The Morgan fingerprint density at radius 2 is 1.88 bits per heavy atom. The average molecular weight is 443 g/mol. The summed E-state index contributed by atoms with van der Waals surface area (Å²) < 4.78 is 2.07. The molecule has 0 aliphatic heterocycles. The Labute approximate surface area is 196 Å². The fourth-order valence-electron chi connectivity index (χ4n) is 4.48. The molecule has 2 aliphatic rings. The summed E-state index contributed by atoms with van der Waals surface area (Å²) in [6, 6.07) is 4.22. The van der Waals surface area contributed by atoms with Crippen LogP contribution in [0.15, 0.2) is 72.1 Å². The monoisotopic (exact) mass is 442 g/mol. The van der Waals surface area contributed by atoms with Crippen LogP contribution in [0.1, 0.15) is 64.1 Å². The standard InChI is InChI=1S/C29H34N2O2/c1-29(2,3)16-8-4-5-9-21-12-15-28-30-24(20-31(28)19-21)13-14-26(32)23-17-22-10-6-7-11-25(22)27(33)18-23/h6-7,10-12,15,17-20,25H,4-5,8-9,13-14,16H2,1-3H3. The van der Waals surface area contributed by atoms with Crippen molar-refractivity contribution in [1.29, 1.82) is 0 Å². The van der Waals surface area contributed by atoms with E-state index >= 15 is 0 Å². The lowest BCUT2D eigenvalue weighted by Gasteiger charge is -2.19. The van der Waals surface area contributed by atoms with Crippen LogP contribution < -0.4 is 0 Å². The molecule has 0 saturated carbocycles. The Balaban J connectivity index is 1.32. The van der Waals surface area contributed by atoms with Gasteiger partial charge in [0.05, 0.1) is 11.6 Å². The first kappa shape index (κ1) is 23.2. The van der Waals surface area contributed by atoms with Gasteiger partial charge in [0, 0.05) is 24.4 Å². The van der Waals surface area contributed by atoms with Gasteiger partial charge in [-0.3, -0.25) is 9.59 Å². The number of imidazole rings is 1. The van der Waals surface area contributed by atoms with E-state index in [0.717, 1.165) is 23.3 Å². The van der Waals surface area contributed by atoms with Crippen molar-refractivity contribution in [2.75, 3.05) is 0 Å². The van der Waals surface area contributed by atoms with E-state index in [2.05, 4.69) is 48.5 Å². The first-order valence-electron chi connectivity index (χ1n) is 12.1. The van der Waals surface area contributed by atoms with Gasteiger partial charge in [-0.2, -0.15) is 0 Å². The van der Waals surface area contributed by atoms with Crippen LogP contribution in [0.5, 0.6) is 0 Å². The number of carbonyl (C=O) groups excluding carboxylic acids is 2. The molecule has 2 aliphatic carbocycles. The second-order valence-electron chi connectivity index (χ2n) is 10.4. The molecule has 0 fully saturated rings.